The molecular weight excluding hydrogens is 281 g/mol. The Morgan fingerprint density at radius 1 is 1.38 bits per heavy atom. The smallest absolute Gasteiger partial charge is 0.368 e. The molecule has 0 radical (unpaired) electrons. The molecule has 0 spiro atoms. The zero-order valence-corrected chi connectivity index (χ0v) is 11.7. The number of alkyl halides is 3. The Balaban J connectivity index is 1.80. The van der Waals surface area contributed by atoms with E-state index >= 15 is 0 Å². The second kappa shape index (κ2) is 5.20. The molecule has 1 aliphatic rings. The van der Waals surface area contributed by atoms with Crippen molar-refractivity contribution < 1.29 is 13.2 Å². The molecule has 4 nitrogen and oxygen atoms in total. The second-order valence-corrected chi connectivity index (χ2v) is 5.80. The van der Waals surface area contributed by atoms with Crippen LogP contribution in [0.5, 0.6) is 0 Å². The van der Waals surface area contributed by atoms with E-state index in [1.54, 1.807) is 0 Å². The van der Waals surface area contributed by atoms with Gasteiger partial charge < -0.3 is 5.32 Å². The van der Waals surface area contributed by atoms with Crippen LogP contribution in [0.2, 0.25) is 0 Å². The summed E-state index contributed by atoms with van der Waals surface area (Å²) in [6.45, 7) is 2.97. The number of hydrogen-bond donors (Lipinski definition) is 1. The van der Waals surface area contributed by atoms with Crippen LogP contribution in [-0.2, 0) is 6.18 Å². The second-order valence-electron chi connectivity index (χ2n) is 5.80. The number of hydrogen-bond acceptors (Lipinski definition) is 3. The number of nitrogens with one attached hydrogen (secondary N) is 1. The molecule has 0 aliphatic heterocycles. The van der Waals surface area contributed by atoms with Gasteiger partial charge in [0.1, 0.15) is 5.52 Å². The van der Waals surface area contributed by atoms with Crippen molar-refractivity contribution in [3.8, 4) is 0 Å². The van der Waals surface area contributed by atoms with E-state index in [2.05, 4.69) is 22.3 Å². The fourth-order valence-corrected chi connectivity index (χ4v) is 2.95. The number of rotatable bonds is 3. The van der Waals surface area contributed by atoms with Gasteiger partial charge in [0.2, 0.25) is 0 Å². The molecule has 1 N–H and O–H groups in total. The summed E-state index contributed by atoms with van der Waals surface area (Å²) in [6.07, 6.45) is 1.97. The molecule has 2 aromatic heterocycles. The van der Waals surface area contributed by atoms with Gasteiger partial charge in [0.15, 0.2) is 11.5 Å². The van der Waals surface area contributed by atoms with Gasteiger partial charge in [-0.1, -0.05) is 13.3 Å². The van der Waals surface area contributed by atoms with Crippen molar-refractivity contribution >= 4 is 11.3 Å². The van der Waals surface area contributed by atoms with Crippen LogP contribution in [0, 0.1) is 11.8 Å². The highest BCUT2D eigenvalue weighted by atomic mass is 19.4. The largest absolute Gasteiger partial charge is 0.435 e. The van der Waals surface area contributed by atoms with Gasteiger partial charge in [-0.15, -0.1) is 0 Å². The van der Waals surface area contributed by atoms with Crippen LogP contribution in [0.15, 0.2) is 18.5 Å². The Bertz CT molecular complexity index is 635. The van der Waals surface area contributed by atoms with Gasteiger partial charge in [0, 0.05) is 25.0 Å². The van der Waals surface area contributed by atoms with Gasteiger partial charge in [-0.05, 0) is 24.7 Å². The lowest BCUT2D eigenvalue weighted by molar-refractivity contribution is -0.141. The monoisotopic (exact) mass is 298 g/mol. The minimum Gasteiger partial charge on any atom is -0.368 e. The van der Waals surface area contributed by atoms with E-state index in [4.69, 9.17) is 0 Å². The van der Waals surface area contributed by atoms with Gasteiger partial charge in [-0.2, -0.15) is 18.3 Å². The molecule has 1 fully saturated rings. The summed E-state index contributed by atoms with van der Waals surface area (Å²) >= 11 is 0. The maximum atomic E-state index is 12.7. The standard InChI is InChI=1S/C14H17F3N4/c1-9-2-3-10(6-9)8-19-13-11-7-12(14(15,16)17)20-21(11)5-4-18-13/h4-5,7,9-10H,2-3,6,8H2,1H3,(H,18,19). The van der Waals surface area contributed by atoms with Gasteiger partial charge >= 0.3 is 6.18 Å². The van der Waals surface area contributed by atoms with Crippen LogP contribution >= 0.6 is 0 Å². The molecule has 2 atom stereocenters. The summed E-state index contributed by atoms with van der Waals surface area (Å²) < 4.78 is 39.4. The Morgan fingerprint density at radius 2 is 2.19 bits per heavy atom. The van der Waals surface area contributed by atoms with Gasteiger partial charge in [-0.25, -0.2) is 9.50 Å². The highest BCUT2D eigenvalue weighted by molar-refractivity contribution is 5.67. The maximum Gasteiger partial charge on any atom is 0.435 e. The van der Waals surface area contributed by atoms with Crippen LogP contribution in [0.1, 0.15) is 31.9 Å². The van der Waals surface area contributed by atoms with Gasteiger partial charge in [0.25, 0.3) is 0 Å². The quantitative estimate of drug-likeness (QED) is 0.941. The first kappa shape index (κ1) is 14.2. The van der Waals surface area contributed by atoms with Crippen molar-refractivity contribution in [2.45, 2.75) is 32.4 Å². The summed E-state index contributed by atoms with van der Waals surface area (Å²) in [5, 5.41) is 6.72. The molecule has 3 rings (SSSR count). The first-order valence-corrected chi connectivity index (χ1v) is 7.09. The molecule has 1 saturated carbocycles. The lowest BCUT2D eigenvalue weighted by atomic mass is 10.1. The molecule has 0 saturated heterocycles. The van der Waals surface area contributed by atoms with Gasteiger partial charge in [0.05, 0.1) is 0 Å². The number of nitrogens with zero attached hydrogens (tertiary/aromatic N) is 3. The van der Waals surface area contributed by atoms with Crippen molar-refractivity contribution in [3.63, 3.8) is 0 Å². The van der Waals surface area contributed by atoms with Crippen molar-refractivity contribution in [3.05, 3.63) is 24.2 Å². The van der Waals surface area contributed by atoms with E-state index in [1.165, 1.54) is 23.3 Å². The Hall–Kier alpha value is -1.79. The number of anilines is 1. The zero-order chi connectivity index (χ0) is 15.0. The van der Waals surface area contributed by atoms with Crippen LogP contribution < -0.4 is 5.32 Å². The normalized spacial score (nSPS) is 22.9. The third-order valence-corrected chi connectivity index (χ3v) is 4.04. The van der Waals surface area contributed by atoms with E-state index in [1.807, 2.05) is 0 Å². The first-order valence-electron chi connectivity index (χ1n) is 7.09. The SMILES string of the molecule is CC1CCC(CNc2nccn3nc(C(F)(F)F)cc23)C1. The molecule has 2 unspecified atom stereocenters. The third kappa shape index (κ3) is 2.96. The molecule has 1 aliphatic carbocycles. The van der Waals surface area contributed by atoms with E-state index in [0.717, 1.165) is 31.4 Å². The molecule has 114 valence electrons. The Kier molecular flexibility index (Phi) is 3.51. The van der Waals surface area contributed by atoms with Crippen molar-refractivity contribution in [1.29, 1.82) is 0 Å². The fourth-order valence-electron chi connectivity index (χ4n) is 2.95. The van der Waals surface area contributed by atoms with Crippen LogP contribution in [0.4, 0.5) is 19.0 Å². The predicted molar refractivity (Wildman–Crippen MR) is 73.0 cm³/mol. The number of halogens is 3. The highest BCUT2D eigenvalue weighted by Crippen LogP contribution is 2.32. The average Bonchev–Trinajstić information content (AvgIpc) is 3.01. The lowest BCUT2D eigenvalue weighted by Crippen LogP contribution is -2.13. The predicted octanol–water partition coefficient (Wildman–Crippen LogP) is 3.60. The molecule has 2 aromatic rings. The molecule has 7 heteroatoms. The van der Waals surface area contributed by atoms with Crippen molar-refractivity contribution in [2.24, 2.45) is 11.8 Å². The van der Waals surface area contributed by atoms with E-state index < -0.39 is 11.9 Å². The maximum absolute atomic E-state index is 12.7. The first-order chi connectivity index (χ1) is 9.93. The summed E-state index contributed by atoms with van der Waals surface area (Å²) in [7, 11) is 0. The minimum absolute atomic E-state index is 0.357. The Labute approximate surface area is 120 Å². The van der Waals surface area contributed by atoms with E-state index in [9.17, 15) is 13.2 Å². The van der Waals surface area contributed by atoms with E-state index in [-0.39, 0.29) is 0 Å². The summed E-state index contributed by atoms with van der Waals surface area (Å²) in [6, 6.07) is 1.03. The van der Waals surface area contributed by atoms with Crippen molar-refractivity contribution in [2.75, 3.05) is 11.9 Å². The lowest BCUT2D eigenvalue weighted by Gasteiger charge is -2.12. The highest BCUT2D eigenvalue weighted by Gasteiger charge is 2.34. The summed E-state index contributed by atoms with van der Waals surface area (Å²) in [5.41, 5.74) is -0.538. The number of aromatic nitrogens is 3. The average molecular weight is 298 g/mol. The fraction of sp³-hybridized carbons (Fsp3) is 0.571. The summed E-state index contributed by atoms with van der Waals surface area (Å²) in [5.74, 6) is 1.75. The molecule has 21 heavy (non-hydrogen) atoms. The molecular formula is C14H17F3N4. The van der Waals surface area contributed by atoms with Crippen molar-refractivity contribution in [1.82, 2.24) is 14.6 Å². The Morgan fingerprint density at radius 3 is 2.86 bits per heavy atom. The van der Waals surface area contributed by atoms with E-state index in [0.29, 0.717) is 17.3 Å². The number of fused-ring (bicyclic) bond motifs is 1. The molecule has 2 heterocycles. The summed E-state index contributed by atoms with van der Waals surface area (Å²) in [4.78, 5) is 4.14. The molecule has 0 bridgehead atoms. The molecule has 0 amide bonds. The minimum atomic E-state index is -4.44. The van der Waals surface area contributed by atoms with Crippen LogP contribution in [0.3, 0.4) is 0 Å². The third-order valence-electron chi connectivity index (χ3n) is 4.04. The van der Waals surface area contributed by atoms with Gasteiger partial charge in [-0.3, -0.25) is 0 Å². The van der Waals surface area contributed by atoms with Crippen LogP contribution in [0.25, 0.3) is 5.52 Å². The zero-order valence-electron chi connectivity index (χ0n) is 11.7. The molecule has 0 aromatic carbocycles. The van der Waals surface area contributed by atoms with Crippen LogP contribution in [-0.4, -0.2) is 21.1 Å². The topological polar surface area (TPSA) is 42.2 Å².